The Morgan fingerprint density at radius 2 is 2.16 bits per heavy atom. The number of ether oxygens (including phenoxy) is 1. The Morgan fingerprint density at radius 1 is 1.44 bits per heavy atom. The van der Waals surface area contributed by atoms with Gasteiger partial charge in [0, 0.05) is 25.3 Å². The molecule has 2 rings (SSSR count). The van der Waals surface area contributed by atoms with E-state index in [4.69, 9.17) is 4.74 Å². The fourth-order valence-corrected chi connectivity index (χ4v) is 2.98. The summed E-state index contributed by atoms with van der Waals surface area (Å²) >= 11 is 0. The molecule has 1 saturated heterocycles. The van der Waals surface area contributed by atoms with Crippen LogP contribution in [0.25, 0.3) is 0 Å². The minimum atomic E-state index is -0.560. The van der Waals surface area contributed by atoms with Crippen molar-refractivity contribution in [2.45, 2.75) is 58.6 Å². The quantitative estimate of drug-likeness (QED) is 0.664. The van der Waals surface area contributed by atoms with Crippen LogP contribution in [0, 0.1) is 17.0 Å². The largest absolute Gasteiger partial charge is 0.444 e. The second-order valence-corrected chi connectivity index (χ2v) is 7.31. The Labute approximate surface area is 147 Å². The van der Waals surface area contributed by atoms with Crippen LogP contribution < -0.4 is 10.2 Å². The number of aromatic nitrogens is 1. The monoisotopic (exact) mass is 350 g/mol. The number of pyridine rings is 1. The highest BCUT2D eigenvalue weighted by molar-refractivity contribution is 5.69. The predicted molar refractivity (Wildman–Crippen MR) is 94.9 cm³/mol. The molecule has 2 heterocycles. The summed E-state index contributed by atoms with van der Waals surface area (Å²) in [7, 11) is 0. The Morgan fingerprint density at radius 3 is 2.80 bits per heavy atom. The number of hydrogen-bond acceptors (Lipinski definition) is 6. The maximum absolute atomic E-state index is 12.0. The van der Waals surface area contributed by atoms with Crippen LogP contribution in [0.5, 0.6) is 0 Å². The molecule has 0 spiro atoms. The first kappa shape index (κ1) is 19.0. The van der Waals surface area contributed by atoms with Gasteiger partial charge in [-0.3, -0.25) is 15.1 Å². The van der Waals surface area contributed by atoms with Gasteiger partial charge in [0.15, 0.2) is 0 Å². The van der Waals surface area contributed by atoms with Crippen LogP contribution in [0.2, 0.25) is 0 Å². The van der Waals surface area contributed by atoms with Crippen LogP contribution in [0.3, 0.4) is 0 Å². The van der Waals surface area contributed by atoms with E-state index in [0.29, 0.717) is 24.5 Å². The third kappa shape index (κ3) is 5.30. The molecule has 1 amide bonds. The molecule has 1 fully saturated rings. The third-order valence-corrected chi connectivity index (χ3v) is 4.00. The molecular formula is C17H26N4O4. The summed E-state index contributed by atoms with van der Waals surface area (Å²) in [5.41, 5.74) is 0.411. The van der Waals surface area contributed by atoms with Crippen LogP contribution in [-0.4, -0.2) is 40.7 Å². The summed E-state index contributed by atoms with van der Waals surface area (Å²) in [6.45, 7) is 8.29. The molecule has 0 bridgehead atoms. The molecule has 0 aromatic carbocycles. The molecule has 0 radical (unpaired) electrons. The Kier molecular flexibility index (Phi) is 5.81. The highest BCUT2D eigenvalue weighted by atomic mass is 16.6. The van der Waals surface area contributed by atoms with E-state index in [-0.39, 0.29) is 11.7 Å². The predicted octanol–water partition coefficient (Wildman–Crippen LogP) is 3.18. The molecule has 0 aliphatic carbocycles. The number of carbonyl (C=O) groups excluding carboxylic acids is 1. The van der Waals surface area contributed by atoms with E-state index in [2.05, 4.69) is 10.3 Å². The lowest BCUT2D eigenvalue weighted by Crippen LogP contribution is -2.44. The molecule has 1 aliphatic heterocycles. The zero-order valence-corrected chi connectivity index (χ0v) is 15.2. The number of nitro groups is 1. The Hall–Kier alpha value is -2.38. The molecule has 25 heavy (non-hydrogen) atoms. The zero-order valence-electron chi connectivity index (χ0n) is 15.2. The summed E-state index contributed by atoms with van der Waals surface area (Å²) in [5.74, 6) is 0. The van der Waals surface area contributed by atoms with Gasteiger partial charge in [0.1, 0.15) is 17.0 Å². The van der Waals surface area contributed by atoms with Crippen LogP contribution in [0.4, 0.5) is 16.2 Å². The summed E-state index contributed by atoms with van der Waals surface area (Å²) < 4.78 is 5.32. The van der Waals surface area contributed by atoms with Gasteiger partial charge in [0.05, 0.1) is 4.92 Å². The van der Waals surface area contributed by atoms with E-state index in [9.17, 15) is 14.9 Å². The number of alkyl carbamates (subject to hydrolysis) is 1. The van der Waals surface area contributed by atoms with Gasteiger partial charge in [-0.15, -0.1) is 0 Å². The minimum absolute atomic E-state index is 0.0282. The van der Waals surface area contributed by atoms with Crippen molar-refractivity contribution in [3.63, 3.8) is 0 Å². The normalized spacial score (nSPS) is 18.4. The summed E-state index contributed by atoms with van der Waals surface area (Å²) in [6, 6.07) is 1.55. The van der Waals surface area contributed by atoms with E-state index in [1.165, 1.54) is 0 Å². The first-order valence-corrected chi connectivity index (χ1v) is 8.52. The summed E-state index contributed by atoms with van der Waals surface area (Å²) in [6.07, 6.45) is 3.78. The first-order chi connectivity index (χ1) is 11.7. The number of nitrogens with one attached hydrogen (secondary N) is 1. The van der Waals surface area contributed by atoms with Gasteiger partial charge in [0.25, 0.3) is 0 Å². The standard InChI is InChI=1S/C17H26N4O4/c1-12-15(21(23)24)14(8-9-18-12)20-10-6-5-7-13(11-20)19-16(22)25-17(2,3)4/h8-9,13H,5-7,10-11H2,1-4H3,(H,19,22). The lowest BCUT2D eigenvalue weighted by molar-refractivity contribution is -0.385. The van der Waals surface area contributed by atoms with Crippen molar-refractivity contribution in [1.29, 1.82) is 0 Å². The van der Waals surface area contributed by atoms with E-state index < -0.39 is 16.6 Å². The average Bonchev–Trinajstić information content (AvgIpc) is 2.70. The first-order valence-electron chi connectivity index (χ1n) is 8.52. The van der Waals surface area contributed by atoms with Gasteiger partial charge in [-0.05, 0) is 53.0 Å². The third-order valence-electron chi connectivity index (χ3n) is 4.00. The lowest BCUT2D eigenvalue weighted by atomic mass is 10.1. The van der Waals surface area contributed by atoms with Gasteiger partial charge >= 0.3 is 11.8 Å². The van der Waals surface area contributed by atoms with Gasteiger partial charge in [-0.25, -0.2) is 4.79 Å². The molecule has 1 atom stereocenters. The zero-order chi connectivity index (χ0) is 18.6. The topological polar surface area (TPSA) is 97.6 Å². The SMILES string of the molecule is Cc1nccc(N2CCCCC(NC(=O)OC(C)(C)C)C2)c1[N+](=O)[O-]. The molecule has 1 aromatic heterocycles. The number of aryl methyl sites for hydroxylation is 1. The minimum Gasteiger partial charge on any atom is -0.444 e. The van der Waals surface area contributed by atoms with Crippen molar-refractivity contribution >= 4 is 17.5 Å². The maximum atomic E-state index is 12.0. The molecule has 1 aromatic rings. The number of hydrogen-bond donors (Lipinski definition) is 1. The highest BCUT2D eigenvalue weighted by Crippen LogP contribution is 2.31. The fraction of sp³-hybridized carbons (Fsp3) is 0.647. The molecule has 0 saturated carbocycles. The number of carbonyl (C=O) groups is 1. The van der Waals surface area contributed by atoms with Crippen LogP contribution in [0.1, 0.15) is 45.7 Å². The molecule has 8 heteroatoms. The number of nitrogens with zero attached hydrogens (tertiary/aromatic N) is 3. The van der Waals surface area contributed by atoms with E-state index in [1.807, 2.05) is 25.7 Å². The van der Waals surface area contributed by atoms with Crippen LogP contribution >= 0.6 is 0 Å². The van der Waals surface area contributed by atoms with Crippen molar-refractivity contribution in [1.82, 2.24) is 10.3 Å². The molecule has 1 N–H and O–H groups in total. The van der Waals surface area contributed by atoms with E-state index in [0.717, 1.165) is 19.3 Å². The Bertz CT molecular complexity index is 642. The van der Waals surface area contributed by atoms with Crippen molar-refractivity contribution in [3.05, 3.63) is 28.1 Å². The molecule has 1 aliphatic rings. The van der Waals surface area contributed by atoms with Crippen LogP contribution in [-0.2, 0) is 4.74 Å². The van der Waals surface area contributed by atoms with Gasteiger partial charge < -0.3 is 15.0 Å². The van der Waals surface area contributed by atoms with Crippen molar-refractivity contribution in [2.24, 2.45) is 0 Å². The van der Waals surface area contributed by atoms with Crippen molar-refractivity contribution in [2.75, 3.05) is 18.0 Å². The fourth-order valence-electron chi connectivity index (χ4n) is 2.98. The van der Waals surface area contributed by atoms with E-state index >= 15 is 0 Å². The molecule has 1 unspecified atom stereocenters. The maximum Gasteiger partial charge on any atom is 0.407 e. The second-order valence-electron chi connectivity index (χ2n) is 7.31. The number of rotatable bonds is 3. The summed E-state index contributed by atoms with van der Waals surface area (Å²) in [5, 5.41) is 14.3. The second kappa shape index (κ2) is 7.67. The Balaban J connectivity index is 2.16. The van der Waals surface area contributed by atoms with Crippen molar-refractivity contribution < 1.29 is 14.5 Å². The molecule has 138 valence electrons. The number of anilines is 1. The summed E-state index contributed by atoms with van der Waals surface area (Å²) in [4.78, 5) is 29.1. The van der Waals surface area contributed by atoms with Gasteiger partial charge in [-0.2, -0.15) is 0 Å². The average molecular weight is 350 g/mol. The van der Waals surface area contributed by atoms with Crippen molar-refractivity contribution in [3.8, 4) is 0 Å². The molecular weight excluding hydrogens is 324 g/mol. The number of amides is 1. The highest BCUT2D eigenvalue weighted by Gasteiger charge is 2.28. The van der Waals surface area contributed by atoms with Gasteiger partial charge in [0.2, 0.25) is 0 Å². The van der Waals surface area contributed by atoms with Crippen LogP contribution in [0.15, 0.2) is 12.3 Å². The smallest absolute Gasteiger partial charge is 0.407 e. The molecule has 8 nitrogen and oxygen atoms in total. The lowest BCUT2D eigenvalue weighted by Gasteiger charge is -2.28. The van der Waals surface area contributed by atoms with Gasteiger partial charge in [-0.1, -0.05) is 0 Å². The van der Waals surface area contributed by atoms with E-state index in [1.54, 1.807) is 19.2 Å².